The average Bonchev–Trinajstić information content (AvgIpc) is 2.38. The zero-order valence-electron chi connectivity index (χ0n) is 11.4. The van der Waals surface area contributed by atoms with Crippen LogP contribution in [0.1, 0.15) is 32.6 Å². The van der Waals surface area contributed by atoms with Crippen molar-refractivity contribution in [3.63, 3.8) is 0 Å². The molecule has 0 bridgehead atoms. The maximum atomic E-state index is 12.4. The third-order valence-corrected chi connectivity index (χ3v) is 4.00. The van der Waals surface area contributed by atoms with E-state index in [1.165, 1.54) is 0 Å². The first-order chi connectivity index (χ1) is 8.20. The van der Waals surface area contributed by atoms with Gasteiger partial charge in [-0.1, -0.05) is 0 Å². The summed E-state index contributed by atoms with van der Waals surface area (Å²) in [5.41, 5.74) is 0. The van der Waals surface area contributed by atoms with Crippen LogP contribution in [0.4, 0.5) is 0 Å². The van der Waals surface area contributed by atoms with Crippen molar-refractivity contribution in [3.05, 3.63) is 0 Å². The zero-order valence-corrected chi connectivity index (χ0v) is 12.2. The van der Waals surface area contributed by atoms with Crippen molar-refractivity contribution in [2.45, 2.75) is 44.8 Å². The Morgan fingerprint density at radius 2 is 2.17 bits per heavy atom. The maximum absolute atomic E-state index is 12.4. The van der Waals surface area contributed by atoms with Crippen LogP contribution in [0.3, 0.4) is 0 Å². The van der Waals surface area contributed by atoms with Crippen molar-refractivity contribution < 1.29 is 9.53 Å². The van der Waals surface area contributed by atoms with E-state index in [1.807, 2.05) is 4.90 Å². The number of ether oxygens (including phenoxy) is 1. The van der Waals surface area contributed by atoms with Gasteiger partial charge in [-0.05, 0) is 39.2 Å². The molecular weight excluding hydrogens is 252 g/mol. The Labute approximate surface area is 116 Å². The van der Waals surface area contributed by atoms with E-state index in [0.717, 1.165) is 45.3 Å². The highest BCUT2D eigenvalue weighted by atomic mass is 35.5. The predicted octanol–water partition coefficient (Wildman–Crippen LogP) is 1.43. The molecule has 2 rings (SSSR count). The first-order valence-electron chi connectivity index (χ1n) is 6.75. The normalized spacial score (nSPS) is 32.8. The number of amides is 1. The van der Waals surface area contributed by atoms with Gasteiger partial charge in [-0.2, -0.15) is 0 Å². The molecule has 3 atom stereocenters. The first kappa shape index (κ1) is 15.7. The number of methoxy groups -OCH3 is 1. The number of carbonyl (C=O) groups is 1. The van der Waals surface area contributed by atoms with Crippen molar-refractivity contribution in [2.75, 3.05) is 26.7 Å². The SMILES string of the molecule is COC1CCCN(C(=O)[C@H]2CCN[C@@H](C)C2)C1.Cl. The minimum Gasteiger partial charge on any atom is -0.380 e. The minimum atomic E-state index is 0. The van der Waals surface area contributed by atoms with Crippen LogP contribution >= 0.6 is 12.4 Å². The van der Waals surface area contributed by atoms with E-state index in [2.05, 4.69) is 12.2 Å². The van der Waals surface area contributed by atoms with Crippen LogP contribution in [-0.4, -0.2) is 49.7 Å². The molecule has 0 aromatic rings. The molecular formula is C13H25ClN2O2. The van der Waals surface area contributed by atoms with Gasteiger partial charge in [0.2, 0.25) is 5.91 Å². The summed E-state index contributed by atoms with van der Waals surface area (Å²) in [5.74, 6) is 0.571. The molecule has 0 aromatic heterocycles. The van der Waals surface area contributed by atoms with Crippen molar-refractivity contribution in [3.8, 4) is 0 Å². The molecule has 0 saturated carbocycles. The maximum Gasteiger partial charge on any atom is 0.225 e. The Bertz CT molecular complexity index is 276. The second-order valence-electron chi connectivity index (χ2n) is 5.36. The fourth-order valence-electron chi connectivity index (χ4n) is 2.95. The third kappa shape index (κ3) is 3.84. The quantitative estimate of drug-likeness (QED) is 0.830. The molecule has 2 saturated heterocycles. The van der Waals surface area contributed by atoms with E-state index in [9.17, 15) is 4.79 Å². The summed E-state index contributed by atoms with van der Waals surface area (Å²) in [6.07, 6.45) is 4.37. The zero-order chi connectivity index (χ0) is 12.3. The fraction of sp³-hybridized carbons (Fsp3) is 0.923. The number of halogens is 1. The van der Waals surface area contributed by atoms with Gasteiger partial charge < -0.3 is 15.0 Å². The smallest absolute Gasteiger partial charge is 0.225 e. The van der Waals surface area contributed by atoms with Gasteiger partial charge in [0, 0.05) is 32.2 Å². The monoisotopic (exact) mass is 276 g/mol. The molecule has 18 heavy (non-hydrogen) atoms. The van der Waals surface area contributed by atoms with Crippen molar-refractivity contribution in [2.24, 2.45) is 5.92 Å². The number of hydrogen-bond donors (Lipinski definition) is 1. The Balaban J connectivity index is 0.00000162. The van der Waals surface area contributed by atoms with Crippen molar-refractivity contribution in [1.82, 2.24) is 10.2 Å². The number of hydrogen-bond acceptors (Lipinski definition) is 3. The molecule has 0 aromatic carbocycles. The van der Waals surface area contributed by atoms with Crippen LogP contribution in [0.25, 0.3) is 0 Å². The Morgan fingerprint density at radius 1 is 1.39 bits per heavy atom. The lowest BCUT2D eigenvalue weighted by Crippen LogP contribution is -2.48. The summed E-state index contributed by atoms with van der Waals surface area (Å²) in [7, 11) is 1.74. The third-order valence-electron chi connectivity index (χ3n) is 4.00. The lowest BCUT2D eigenvalue weighted by molar-refractivity contribution is -0.140. The number of rotatable bonds is 2. The standard InChI is InChI=1S/C13H24N2O2.ClH/c1-10-8-11(5-6-14-10)13(16)15-7-3-4-12(9-15)17-2;/h10-12,14H,3-9H2,1-2H3;1H/t10-,11-,12?;/m0./s1. The van der Waals surface area contributed by atoms with E-state index >= 15 is 0 Å². The summed E-state index contributed by atoms with van der Waals surface area (Å²) >= 11 is 0. The Kier molecular flexibility index (Phi) is 6.39. The van der Waals surface area contributed by atoms with Gasteiger partial charge in [0.1, 0.15) is 0 Å². The molecule has 5 heteroatoms. The highest BCUT2D eigenvalue weighted by molar-refractivity contribution is 5.85. The molecule has 2 aliphatic heterocycles. The largest absolute Gasteiger partial charge is 0.380 e. The van der Waals surface area contributed by atoms with E-state index in [4.69, 9.17) is 4.74 Å². The second-order valence-corrected chi connectivity index (χ2v) is 5.36. The van der Waals surface area contributed by atoms with Gasteiger partial charge in [-0.3, -0.25) is 4.79 Å². The fourth-order valence-corrected chi connectivity index (χ4v) is 2.95. The van der Waals surface area contributed by atoms with Crippen LogP contribution in [-0.2, 0) is 9.53 Å². The molecule has 106 valence electrons. The van der Waals surface area contributed by atoms with E-state index in [-0.39, 0.29) is 24.4 Å². The van der Waals surface area contributed by atoms with Gasteiger partial charge in [0.05, 0.1) is 6.10 Å². The highest BCUT2D eigenvalue weighted by Gasteiger charge is 2.31. The molecule has 0 aliphatic carbocycles. The van der Waals surface area contributed by atoms with Gasteiger partial charge in [0.25, 0.3) is 0 Å². The Hall–Kier alpha value is -0.320. The lowest BCUT2D eigenvalue weighted by Gasteiger charge is -2.36. The molecule has 0 radical (unpaired) electrons. The molecule has 0 spiro atoms. The van der Waals surface area contributed by atoms with Gasteiger partial charge in [-0.15, -0.1) is 12.4 Å². The molecule has 1 amide bonds. The van der Waals surface area contributed by atoms with Gasteiger partial charge >= 0.3 is 0 Å². The van der Waals surface area contributed by atoms with Crippen LogP contribution in [0.2, 0.25) is 0 Å². The van der Waals surface area contributed by atoms with E-state index in [0.29, 0.717) is 11.9 Å². The number of nitrogens with zero attached hydrogens (tertiary/aromatic N) is 1. The topological polar surface area (TPSA) is 41.6 Å². The van der Waals surface area contributed by atoms with Crippen molar-refractivity contribution >= 4 is 18.3 Å². The molecule has 4 nitrogen and oxygen atoms in total. The van der Waals surface area contributed by atoms with Crippen molar-refractivity contribution in [1.29, 1.82) is 0 Å². The molecule has 1 unspecified atom stereocenters. The summed E-state index contributed by atoms with van der Waals surface area (Å²) in [6, 6.07) is 0.473. The van der Waals surface area contributed by atoms with Gasteiger partial charge in [0.15, 0.2) is 0 Å². The molecule has 2 heterocycles. The summed E-state index contributed by atoms with van der Waals surface area (Å²) in [6.45, 7) is 4.83. The second kappa shape index (κ2) is 7.31. The molecule has 1 N–H and O–H groups in total. The molecule has 2 fully saturated rings. The summed E-state index contributed by atoms with van der Waals surface area (Å²) in [4.78, 5) is 14.4. The highest BCUT2D eigenvalue weighted by Crippen LogP contribution is 2.21. The van der Waals surface area contributed by atoms with Crippen LogP contribution in [0, 0.1) is 5.92 Å². The number of nitrogens with one attached hydrogen (secondary N) is 1. The van der Waals surface area contributed by atoms with Crippen LogP contribution in [0.15, 0.2) is 0 Å². The number of piperidine rings is 2. The summed E-state index contributed by atoms with van der Waals surface area (Å²) < 4.78 is 5.37. The lowest BCUT2D eigenvalue weighted by atomic mass is 9.91. The van der Waals surface area contributed by atoms with E-state index in [1.54, 1.807) is 7.11 Å². The van der Waals surface area contributed by atoms with E-state index < -0.39 is 0 Å². The summed E-state index contributed by atoms with van der Waals surface area (Å²) in [5, 5.41) is 3.39. The Morgan fingerprint density at radius 3 is 2.83 bits per heavy atom. The van der Waals surface area contributed by atoms with Crippen LogP contribution < -0.4 is 5.32 Å². The number of carbonyl (C=O) groups excluding carboxylic acids is 1. The minimum absolute atomic E-state index is 0. The number of likely N-dealkylation sites (tertiary alicyclic amines) is 1. The molecule has 2 aliphatic rings. The first-order valence-corrected chi connectivity index (χ1v) is 6.75. The van der Waals surface area contributed by atoms with Crippen LogP contribution in [0.5, 0.6) is 0 Å². The average molecular weight is 277 g/mol. The van der Waals surface area contributed by atoms with Gasteiger partial charge in [-0.25, -0.2) is 0 Å². The predicted molar refractivity (Wildman–Crippen MR) is 74.0 cm³/mol.